The number of hydrogen-bond acceptors (Lipinski definition) is 4. The average molecular weight is 472 g/mol. The molecular weight excluding hydrogens is 442 g/mol. The molecule has 0 fully saturated rings. The first-order valence-electron chi connectivity index (χ1n) is 11.9. The van der Waals surface area contributed by atoms with Crippen molar-refractivity contribution >= 4 is 27.1 Å². The molecular formula is C28H29N3O2S. The highest BCUT2D eigenvalue weighted by Gasteiger charge is 2.39. The molecule has 3 aliphatic rings. The van der Waals surface area contributed by atoms with Gasteiger partial charge in [0.2, 0.25) is 0 Å². The molecule has 3 aromatic rings. The van der Waals surface area contributed by atoms with Crippen molar-refractivity contribution in [3.05, 3.63) is 95.6 Å². The van der Waals surface area contributed by atoms with Gasteiger partial charge in [-0.05, 0) is 71.8 Å². The second kappa shape index (κ2) is 7.91. The molecule has 34 heavy (non-hydrogen) atoms. The van der Waals surface area contributed by atoms with Gasteiger partial charge in [0.1, 0.15) is 0 Å². The molecule has 6 heteroatoms. The second-order valence-electron chi connectivity index (χ2n) is 9.67. The molecule has 5 nitrogen and oxygen atoms in total. The van der Waals surface area contributed by atoms with Crippen molar-refractivity contribution in [2.75, 3.05) is 35.2 Å². The van der Waals surface area contributed by atoms with E-state index in [0.29, 0.717) is 17.4 Å². The van der Waals surface area contributed by atoms with Gasteiger partial charge in [0.25, 0.3) is 10.0 Å². The average Bonchev–Trinajstić information content (AvgIpc) is 3.51. The third kappa shape index (κ3) is 3.31. The van der Waals surface area contributed by atoms with Crippen LogP contribution in [0.3, 0.4) is 0 Å². The van der Waals surface area contributed by atoms with E-state index in [1.165, 1.54) is 11.3 Å². The van der Waals surface area contributed by atoms with E-state index < -0.39 is 10.0 Å². The van der Waals surface area contributed by atoms with Gasteiger partial charge in [0.15, 0.2) is 0 Å². The Bertz CT molecular complexity index is 1380. The summed E-state index contributed by atoms with van der Waals surface area (Å²) in [5.41, 5.74) is 6.44. The predicted molar refractivity (Wildman–Crippen MR) is 138 cm³/mol. The highest BCUT2D eigenvalue weighted by Crippen LogP contribution is 2.50. The van der Waals surface area contributed by atoms with Crippen LogP contribution in [-0.2, 0) is 16.4 Å². The van der Waals surface area contributed by atoms with Crippen molar-refractivity contribution in [2.24, 2.45) is 5.92 Å². The van der Waals surface area contributed by atoms with Gasteiger partial charge in [-0.1, -0.05) is 42.5 Å². The topological polar surface area (TPSA) is 52.7 Å². The molecule has 6 rings (SSSR count). The first-order chi connectivity index (χ1) is 16.4. The lowest BCUT2D eigenvalue weighted by atomic mass is 9.77. The van der Waals surface area contributed by atoms with E-state index in [1.807, 2.05) is 50.5 Å². The molecule has 1 N–H and O–H groups in total. The second-order valence-corrected chi connectivity index (χ2v) is 11.5. The zero-order valence-electron chi connectivity index (χ0n) is 19.5. The maximum Gasteiger partial charge on any atom is 0.264 e. The lowest BCUT2D eigenvalue weighted by Crippen LogP contribution is -2.31. The summed E-state index contributed by atoms with van der Waals surface area (Å²) >= 11 is 0. The highest BCUT2D eigenvalue weighted by molar-refractivity contribution is 7.92. The van der Waals surface area contributed by atoms with Crippen molar-refractivity contribution in [1.82, 2.24) is 0 Å². The summed E-state index contributed by atoms with van der Waals surface area (Å²) < 4.78 is 28.8. The number of nitrogens with zero attached hydrogens (tertiary/aromatic N) is 2. The SMILES string of the molecule is CN(C)c1ccc(C2Nc3ccc(S(=O)(=O)N4CCc5ccccc54)cc3C3C=CCC32)cc1. The summed E-state index contributed by atoms with van der Waals surface area (Å²) in [6, 6.07) is 22.3. The summed E-state index contributed by atoms with van der Waals surface area (Å²) in [5, 5.41) is 3.74. The Hall–Kier alpha value is -3.25. The van der Waals surface area contributed by atoms with Gasteiger partial charge in [0.05, 0.1) is 16.6 Å². The normalized spacial score (nSPS) is 22.6. The van der Waals surface area contributed by atoms with Gasteiger partial charge in [-0.2, -0.15) is 0 Å². The Morgan fingerprint density at radius 3 is 2.59 bits per heavy atom. The van der Waals surface area contributed by atoms with Crippen LogP contribution in [0.2, 0.25) is 0 Å². The largest absolute Gasteiger partial charge is 0.378 e. The Morgan fingerprint density at radius 2 is 1.79 bits per heavy atom. The maximum absolute atomic E-state index is 13.6. The van der Waals surface area contributed by atoms with Crippen LogP contribution in [0.25, 0.3) is 0 Å². The number of anilines is 3. The zero-order chi connectivity index (χ0) is 23.4. The first kappa shape index (κ1) is 21.3. The molecule has 0 spiro atoms. The summed E-state index contributed by atoms with van der Waals surface area (Å²) in [5.74, 6) is 0.568. The van der Waals surface area contributed by atoms with Crippen LogP contribution < -0.4 is 14.5 Å². The number of benzene rings is 3. The van der Waals surface area contributed by atoms with Crippen LogP contribution in [0.15, 0.2) is 83.8 Å². The molecule has 2 aliphatic heterocycles. The van der Waals surface area contributed by atoms with Gasteiger partial charge in [0, 0.05) is 37.9 Å². The van der Waals surface area contributed by atoms with Crippen molar-refractivity contribution in [3.63, 3.8) is 0 Å². The van der Waals surface area contributed by atoms with Gasteiger partial charge < -0.3 is 10.2 Å². The van der Waals surface area contributed by atoms with E-state index in [0.717, 1.165) is 35.3 Å². The molecule has 0 saturated heterocycles. The van der Waals surface area contributed by atoms with Crippen molar-refractivity contribution in [3.8, 4) is 0 Å². The van der Waals surface area contributed by atoms with Crippen LogP contribution >= 0.6 is 0 Å². The van der Waals surface area contributed by atoms with Gasteiger partial charge in [-0.3, -0.25) is 4.31 Å². The number of nitrogens with one attached hydrogen (secondary N) is 1. The fourth-order valence-corrected chi connectivity index (χ4v) is 7.27. The zero-order valence-corrected chi connectivity index (χ0v) is 20.3. The summed E-state index contributed by atoms with van der Waals surface area (Å²) in [7, 11) is 0.482. The number of fused-ring (bicyclic) bond motifs is 4. The Morgan fingerprint density at radius 1 is 1.00 bits per heavy atom. The summed E-state index contributed by atoms with van der Waals surface area (Å²) in [6.07, 6.45) is 6.23. The van der Waals surface area contributed by atoms with E-state index in [4.69, 9.17) is 0 Å². The minimum Gasteiger partial charge on any atom is -0.378 e. The molecule has 3 atom stereocenters. The molecule has 3 aromatic carbocycles. The van der Waals surface area contributed by atoms with E-state index in [2.05, 4.69) is 46.6 Å². The number of para-hydroxylation sites is 1. The molecule has 2 heterocycles. The molecule has 3 unspecified atom stereocenters. The lowest BCUT2D eigenvalue weighted by Gasteiger charge is -2.38. The minimum absolute atomic E-state index is 0.191. The predicted octanol–water partition coefficient (Wildman–Crippen LogP) is 5.33. The lowest BCUT2D eigenvalue weighted by molar-refractivity contribution is 0.425. The van der Waals surface area contributed by atoms with Gasteiger partial charge >= 0.3 is 0 Å². The fraction of sp³-hybridized carbons (Fsp3) is 0.286. The Balaban J connectivity index is 1.35. The molecule has 0 radical (unpaired) electrons. The van der Waals surface area contributed by atoms with E-state index >= 15 is 0 Å². The molecule has 0 amide bonds. The fourth-order valence-electron chi connectivity index (χ4n) is 5.73. The van der Waals surface area contributed by atoms with Crippen LogP contribution in [0, 0.1) is 5.92 Å². The van der Waals surface area contributed by atoms with Gasteiger partial charge in [-0.15, -0.1) is 0 Å². The number of allylic oxidation sites excluding steroid dienone is 2. The van der Waals surface area contributed by atoms with E-state index in [9.17, 15) is 8.42 Å². The Labute approximate surface area is 201 Å². The van der Waals surface area contributed by atoms with Crippen LogP contribution in [-0.4, -0.2) is 29.1 Å². The number of sulfonamides is 1. The van der Waals surface area contributed by atoms with Gasteiger partial charge in [-0.25, -0.2) is 8.42 Å². The van der Waals surface area contributed by atoms with Crippen LogP contribution in [0.4, 0.5) is 17.1 Å². The highest BCUT2D eigenvalue weighted by atomic mass is 32.2. The number of rotatable bonds is 4. The third-order valence-corrected chi connectivity index (χ3v) is 9.34. The van der Waals surface area contributed by atoms with Crippen molar-refractivity contribution in [1.29, 1.82) is 0 Å². The molecule has 0 saturated carbocycles. The summed E-state index contributed by atoms with van der Waals surface area (Å²) in [6.45, 7) is 0.494. The van der Waals surface area contributed by atoms with Crippen LogP contribution in [0.5, 0.6) is 0 Å². The minimum atomic E-state index is -3.62. The quantitative estimate of drug-likeness (QED) is 0.523. The van der Waals surface area contributed by atoms with Crippen molar-refractivity contribution in [2.45, 2.75) is 29.7 Å². The number of hydrogen-bond donors (Lipinski definition) is 1. The summed E-state index contributed by atoms with van der Waals surface area (Å²) in [4.78, 5) is 2.48. The molecule has 0 aromatic heterocycles. The van der Waals surface area contributed by atoms with Crippen LogP contribution in [0.1, 0.15) is 35.1 Å². The monoisotopic (exact) mass is 471 g/mol. The van der Waals surface area contributed by atoms with E-state index in [1.54, 1.807) is 10.4 Å². The smallest absolute Gasteiger partial charge is 0.264 e. The third-order valence-electron chi connectivity index (χ3n) is 7.54. The maximum atomic E-state index is 13.6. The van der Waals surface area contributed by atoms with Crippen molar-refractivity contribution < 1.29 is 8.42 Å². The first-order valence-corrected chi connectivity index (χ1v) is 13.3. The Kier molecular flexibility index (Phi) is 4.96. The van der Waals surface area contributed by atoms with E-state index in [-0.39, 0.29) is 12.0 Å². The molecule has 0 bridgehead atoms. The molecule has 1 aliphatic carbocycles. The standard InChI is InChI=1S/C28H29N3O2S/c1-30(2)21-12-10-20(11-13-21)28-24-8-5-7-23(24)25-18-22(14-15-26(25)29-28)34(32,33)31-17-16-19-6-3-4-9-27(19)31/h3-7,9-15,18,23-24,28-29H,8,16-17H2,1-2H3. The molecule has 174 valence electrons.